The Morgan fingerprint density at radius 1 is 1.44 bits per heavy atom. The van der Waals surface area contributed by atoms with E-state index in [4.69, 9.17) is 15.2 Å². The predicted octanol–water partition coefficient (Wildman–Crippen LogP) is 2.26. The van der Waals surface area contributed by atoms with Crippen LogP contribution >= 0.6 is 0 Å². The van der Waals surface area contributed by atoms with Gasteiger partial charge in [0.05, 0.1) is 7.11 Å². The van der Waals surface area contributed by atoms with Crippen LogP contribution in [0.1, 0.15) is 31.7 Å². The number of rotatable bonds is 7. The van der Waals surface area contributed by atoms with Gasteiger partial charge in [-0.2, -0.15) is 0 Å². The lowest BCUT2D eigenvalue weighted by atomic mass is 10.1. The van der Waals surface area contributed by atoms with Crippen LogP contribution in [0.4, 0.5) is 0 Å². The highest BCUT2D eigenvalue weighted by atomic mass is 16.5. The van der Waals surface area contributed by atoms with Crippen molar-refractivity contribution < 1.29 is 14.3 Å². The molecule has 0 heterocycles. The Bertz CT molecular complexity index is 379. The van der Waals surface area contributed by atoms with Crippen LogP contribution < -0.4 is 10.5 Å². The molecule has 0 aliphatic carbocycles. The number of unbranched alkanes of at least 4 members (excludes halogenated alkanes) is 1. The van der Waals surface area contributed by atoms with Gasteiger partial charge in [-0.1, -0.05) is 31.9 Å². The second kappa shape index (κ2) is 7.71. The minimum atomic E-state index is -0.518. The summed E-state index contributed by atoms with van der Waals surface area (Å²) in [6.45, 7) is 2.30. The number of carbonyl (C=O) groups excluding carboxylic acids is 1. The monoisotopic (exact) mass is 251 g/mol. The smallest absolute Gasteiger partial charge is 0.323 e. The molecule has 0 saturated heterocycles. The maximum atomic E-state index is 11.6. The van der Waals surface area contributed by atoms with Crippen LogP contribution in [0.25, 0.3) is 0 Å². The highest BCUT2D eigenvalue weighted by Gasteiger charge is 2.14. The van der Waals surface area contributed by atoms with Gasteiger partial charge in [0.15, 0.2) is 0 Å². The van der Waals surface area contributed by atoms with E-state index in [-0.39, 0.29) is 12.6 Å². The lowest BCUT2D eigenvalue weighted by Crippen LogP contribution is -2.32. The molecule has 4 heteroatoms. The zero-order valence-corrected chi connectivity index (χ0v) is 11.0. The molecule has 0 aliphatic rings. The Hall–Kier alpha value is -1.55. The highest BCUT2D eigenvalue weighted by Crippen LogP contribution is 2.13. The van der Waals surface area contributed by atoms with Gasteiger partial charge in [0.25, 0.3) is 0 Å². The molecule has 1 rings (SSSR count). The molecule has 1 atom stereocenters. The van der Waals surface area contributed by atoms with Crippen LogP contribution in [0.2, 0.25) is 0 Å². The van der Waals surface area contributed by atoms with Crippen molar-refractivity contribution >= 4 is 5.97 Å². The van der Waals surface area contributed by atoms with E-state index in [1.54, 1.807) is 7.11 Å². The van der Waals surface area contributed by atoms with Crippen molar-refractivity contribution in [3.63, 3.8) is 0 Å². The second-order valence-corrected chi connectivity index (χ2v) is 4.21. The Morgan fingerprint density at radius 3 is 2.89 bits per heavy atom. The predicted molar refractivity (Wildman–Crippen MR) is 70.3 cm³/mol. The molecule has 100 valence electrons. The summed E-state index contributed by atoms with van der Waals surface area (Å²) in [5.74, 6) is 0.408. The van der Waals surface area contributed by atoms with Crippen molar-refractivity contribution in [2.45, 2.75) is 38.8 Å². The van der Waals surface area contributed by atoms with Gasteiger partial charge in [-0.05, 0) is 24.1 Å². The number of nitrogens with two attached hydrogens (primary N) is 1. The van der Waals surface area contributed by atoms with Crippen molar-refractivity contribution in [1.82, 2.24) is 0 Å². The summed E-state index contributed by atoms with van der Waals surface area (Å²) in [5.41, 5.74) is 6.62. The zero-order chi connectivity index (χ0) is 13.4. The first-order valence-electron chi connectivity index (χ1n) is 6.22. The van der Waals surface area contributed by atoms with Crippen LogP contribution in [0.15, 0.2) is 24.3 Å². The Balaban J connectivity index is 2.41. The van der Waals surface area contributed by atoms with Gasteiger partial charge >= 0.3 is 5.97 Å². The lowest BCUT2D eigenvalue weighted by Gasteiger charge is -2.11. The van der Waals surface area contributed by atoms with Crippen molar-refractivity contribution in [2.75, 3.05) is 7.11 Å². The number of hydrogen-bond donors (Lipinski definition) is 1. The molecule has 4 nitrogen and oxygen atoms in total. The van der Waals surface area contributed by atoms with Crippen molar-refractivity contribution in [1.29, 1.82) is 0 Å². The first kappa shape index (κ1) is 14.5. The molecule has 2 N–H and O–H groups in total. The summed E-state index contributed by atoms with van der Waals surface area (Å²) in [7, 11) is 1.60. The summed E-state index contributed by atoms with van der Waals surface area (Å²) in [6.07, 6.45) is 2.64. The van der Waals surface area contributed by atoms with E-state index in [1.165, 1.54) is 0 Å². The largest absolute Gasteiger partial charge is 0.497 e. The van der Waals surface area contributed by atoms with E-state index in [9.17, 15) is 4.79 Å². The normalized spacial score (nSPS) is 11.9. The minimum Gasteiger partial charge on any atom is -0.497 e. The summed E-state index contributed by atoms with van der Waals surface area (Å²) < 4.78 is 10.3. The lowest BCUT2D eigenvalue weighted by molar-refractivity contribution is -0.146. The van der Waals surface area contributed by atoms with Crippen LogP contribution in [0.5, 0.6) is 5.75 Å². The van der Waals surface area contributed by atoms with Gasteiger partial charge in [0, 0.05) is 0 Å². The summed E-state index contributed by atoms with van der Waals surface area (Å²) in [6, 6.07) is 6.91. The molecule has 0 radical (unpaired) electrons. The van der Waals surface area contributed by atoms with Crippen LogP contribution in [-0.2, 0) is 16.1 Å². The number of benzene rings is 1. The SMILES string of the molecule is CCCC[C@H](N)C(=O)OCc1cccc(OC)c1. The summed E-state index contributed by atoms with van der Waals surface area (Å²) in [5, 5.41) is 0. The van der Waals surface area contributed by atoms with Crippen molar-refractivity contribution in [3.8, 4) is 5.75 Å². The first-order valence-corrected chi connectivity index (χ1v) is 6.22. The molecule has 1 aromatic carbocycles. The van der Waals surface area contributed by atoms with Gasteiger partial charge in [-0.15, -0.1) is 0 Å². The average Bonchev–Trinajstić information content (AvgIpc) is 2.42. The minimum absolute atomic E-state index is 0.232. The van der Waals surface area contributed by atoms with Gasteiger partial charge in [-0.3, -0.25) is 4.79 Å². The van der Waals surface area contributed by atoms with Crippen LogP contribution in [0, 0.1) is 0 Å². The third kappa shape index (κ3) is 4.75. The maximum Gasteiger partial charge on any atom is 0.323 e. The van der Waals surface area contributed by atoms with Crippen LogP contribution in [-0.4, -0.2) is 19.1 Å². The van der Waals surface area contributed by atoms with E-state index in [0.29, 0.717) is 6.42 Å². The van der Waals surface area contributed by atoms with Crippen molar-refractivity contribution in [2.24, 2.45) is 5.73 Å². The standard InChI is InChI=1S/C14H21NO3/c1-3-4-8-13(15)14(16)18-10-11-6-5-7-12(9-11)17-2/h5-7,9,13H,3-4,8,10,15H2,1-2H3/t13-/m0/s1. The zero-order valence-electron chi connectivity index (χ0n) is 11.0. The molecule has 0 bridgehead atoms. The quantitative estimate of drug-likeness (QED) is 0.755. The van der Waals surface area contributed by atoms with Gasteiger partial charge < -0.3 is 15.2 Å². The first-order chi connectivity index (χ1) is 8.67. The van der Waals surface area contributed by atoms with Crippen molar-refractivity contribution in [3.05, 3.63) is 29.8 Å². The van der Waals surface area contributed by atoms with E-state index in [1.807, 2.05) is 24.3 Å². The number of ether oxygens (including phenoxy) is 2. The molecule has 1 aromatic rings. The van der Waals surface area contributed by atoms with E-state index >= 15 is 0 Å². The second-order valence-electron chi connectivity index (χ2n) is 4.21. The Kier molecular flexibility index (Phi) is 6.22. The molecular formula is C14H21NO3. The van der Waals surface area contributed by atoms with E-state index in [2.05, 4.69) is 6.92 Å². The number of carbonyl (C=O) groups is 1. The van der Waals surface area contributed by atoms with Gasteiger partial charge in [-0.25, -0.2) is 0 Å². The molecule has 0 fully saturated rings. The molecule has 0 unspecified atom stereocenters. The van der Waals surface area contributed by atoms with Gasteiger partial charge in [0.1, 0.15) is 18.4 Å². The average molecular weight is 251 g/mol. The fourth-order valence-corrected chi connectivity index (χ4v) is 1.57. The molecule has 0 saturated carbocycles. The number of hydrogen-bond acceptors (Lipinski definition) is 4. The maximum absolute atomic E-state index is 11.6. The Labute approximate surface area is 108 Å². The molecule has 0 aromatic heterocycles. The van der Waals surface area contributed by atoms with E-state index in [0.717, 1.165) is 24.2 Å². The summed E-state index contributed by atoms with van der Waals surface area (Å²) >= 11 is 0. The topological polar surface area (TPSA) is 61.6 Å². The molecular weight excluding hydrogens is 230 g/mol. The summed E-state index contributed by atoms with van der Waals surface area (Å²) in [4.78, 5) is 11.6. The molecule has 0 spiro atoms. The fourth-order valence-electron chi connectivity index (χ4n) is 1.57. The third-order valence-corrected chi connectivity index (χ3v) is 2.69. The van der Waals surface area contributed by atoms with Gasteiger partial charge in [0.2, 0.25) is 0 Å². The van der Waals surface area contributed by atoms with E-state index < -0.39 is 6.04 Å². The fraction of sp³-hybridized carbons (Fsp3) is 0.500. The molecule has 0 amide bonds. The van der Waals surface area contributed by atoms with Crippen LogP contribution in [0.3, 0.4) is 0 Å². The molecule has 0 aliphatic heterocycles. The number of methoxy groups -OCH3 is 1. The number of esters is 1. The molecule has 18 heavy (non-hydrogen) atoms. The third-order valence-electron chi connectivity index (χ3n) is 2.69. The highest BCUT2D eigenvalue weighted by molar-refractivity contribution is 5.75. The Morgan fingerprint density at radius 2 is 2.22 bits per heavy atom.